The van der Waals surface area contributed by atoms with Crippen molar-refractivity contribution in [1.29, 1.82) is 0 Å². The fourth-order valence-electron chi connectivity index (χ4n) is 3.24. The van der Waals surface area contributed by atoms with E-state index in [2.05, 4.69) is 5.32 Å². The Kier molecular flexibility index (Phi) is 2.66. The highest BCUT2D eigenvalue weighted by Crippen LogP contribution is 2.48. The molecule has 98 valence electrons. The molecule has 1 N–H and O–H groups in total. The van der Waals surface area contributed by atoms with Crippen molar-refractivity contribution in [2.45, 2.75) is 31.4 Å². The van der Waals surface area contributed by atoms with Crippen LogP contribution in [0.25, 0.3) is 0 Å². The second-order valence-corrected chi connectivity index (χ2v) is 5.66. The molecule has 1 aliphatic heterocycles. The van der Waals surface area contributed by atoms with E-state index in [1.54, 1.807) is 12.1 Å². The van der Waals surface area contributed by atoms with Gasteiger partial charge in [-0.25, -0.2) is 0 Å². The first-order valence-electron chi connectivity index (χ1n) is 6.36. The van der Waals surface area contributed by atoms with Gasteiger partial charge in [0, 0.05) is 13.1 Å². The molecule has 1 aromatic rings. The van der Waals surface area contributed by atoms with Crippen LogP contribution < -0.4 is 5.32 Å². The van der Waals surface area contributed by atoms with Gasteiger partial charge in [0.05, 0.1) is 5.56 Å². The van der Waals surface area contributed by atoms with E-state index >= 15 is 0 Å². The number of nitrogens with one attached hydrogen (secondary N) is 1. The van der Waals surface area contributed by atoms with E-state index in [0.717, 1.165) is 31.5 Å². The summed E-state index contributed by atoms with van der Waals surface area (Å²) >= 11 is 0. The molecule has 2 fully saturated rings. The van der Waals surface area contributed by atoms with Crippen molar-refractivity contribution in [1.82, 2.24) is 5.32 Å². The van der Waals surface area contributed by atoms with E-state index in [9.17, 15) is 13.2 Å². The van der Waals surface area contributed by atoms with Gasteiger partial charge in [0.15, 0.2) is 0 Å². The number of halogens is 3. The highest BCUT2D eigenvalue weighted by Gasteiger charge is 2.43. The predicted octanol–water partition coefficient (Wildman–Crippen LogP) is 3.56. The topological polar surface area (TPSA) is 12.0 Å². The Bertz CT molecular complexity index is 431. The van der Waals surface area contributed by atoms with E-state index < -0.39 is 11.7 Å². The van der Waals surface area contributed by atoms with E-state index in [1.807, 2.05) is 0 Å². The second kappa shape index (κ2) is 3.98. The third kappa shape index (κ3) is 2.03. The van der Waals surface area contributed by atoms with E-state index in [-0.39, 0.29) is 0 Å². The van der Waals surface area contributed by atoms with Gasteiger partial charge in [-0.05, 0) is 48.3 Å². The Morgan fingerprint density at radius 2 is 1.78 bits per heavy atom. The smallest absolute Gasteiger partial charge is 0.316 e. The zero-order valence-corrected chi connectivity index (χ0v) is 10.1. The average molecular weight is 255 g/mol. The Hall–Kier alpha value is -1.03. The first-order valence-corrected chi connectivity index (χ1v) is 6.36. The van der Waals surface area contributed by atoms with Gasteiger partial charge in [0.25, 0.3) is 0 Å². The summed E-state index contributed by atoms with van der Waals surface area (Å²) in [5, 5.41) is 3.30. The van der Waals surface area contributed by atoms with Crippen molar-refractivity contribution in [3.8, 4) is 0 Å². The van der Waals surface area contributed by atoms with Crippen LogP contribution >= 0.6 is 0 Å². The first kappa shape index (κ1) is 12.0. The molecule has 4 heteroatoms. The lowest BCUT2D eigenvalue weighted by atomic mass is 9.79. The van der Waals surface area contributed by atoms with Crippen molar-refractivity contribution in [3.05, 3.63) is 35.4 Å². The molecule has 1 atom stereocenters. The zero-order valence-electron chi connectivity index (χ0n) is 10.1. The minimum atomic E-state index is -4.23. The minimum Gasteiger partial charge on any atom is -0.316 e. The molecular weight excluding hydrogens is 239 g/mol. The summed E-state index contributed by atoms with van der Waals surface area (Å²) in [7, 11) is 0. The average Bonchev–Trinajstić information content (AvgIpc) is 2.73. The maximum Gasteiger partial charge on any atom is 0.416 e. The Morgan fingerprint density at radius 3 is 2.22 bits per heavy atom. The molecule has 1 aromatic carbocycles. The van der Waals surface area contributed by atoms with Gasteiger partial charge in [-0.2, -0.15) is 13.2 Å². The molecule has 0 radical (unpaired) electrons. The van der Waals surface area contributed by atoms with Gasteiger partial charge in [0.2, 0.25) is 0 Å². The molecule has 1 spiro atoms. The van der Waals surface area contributed by atoms with Crippen molar-refractivity contribution >= 4 is 0 Å². The van der Waals surface area contributed by atoms with Gasteiger partial charge in [-0.1, -0.05) is 12.1 Å². The number of rotatable bonds is 1. The third-order valence-corrected chi connectivity index (χ3v) is 4.41. The van der Waals surface area contributed by atoms with Crippen molar-refractivity contribution in [2.24, 2.45) is 5.41 Å². The molecule has 3 rings (SSSR count). The van der Waals surface area contributed by atoms with Gasteiger partial charge in [-0.15, -0.1) is 0 Å². The van der Waals surface area contributed by atoms with Crippen LogP contribution in [0, 0.1) is 5.41 Å². The summed E-state index contributed by atoms with van der Waals surface area (Å²) in [5.41, 5.74) is 0.948. The standard InChI is InChI=1S/C14H16F3N/c15-14(16,17)12-3-1-10(2-4-12)11-5-6-13(7-11)8-18-9-13/h1-4,11,18H,5-9H2. The molecular formula is C14H16F3N. The van der Waals surface area contributed by atoms with Crippen molar-refractivity contribution in [2.75, 3.05) is 13.1 Å². The fourth-order valence-corrected chi connectivity index (χ4v) is 3.24. The summed E-state index contributed by atoms with van der Waals surface area (Å²) in [6, 6.07) is 5.72. The monoisotopic (exact) mass is 255 g/mol. The quantitative estimate of drug-likeness (QED) is 0.809. The normalized spacial score (nSPS) is 26.3. The Balaban J connectivity index is 1.74. The molecule has 1 saturated heterocycles. The maximum atomic E-state index is 12.5. The molecule has 2 aliphatic rings. The molecule has 0 bridgehead atoms. The molecule has 0 aromatic heterocycles. The maximum absolute atomic E-state index is 12.5. The Labute approximate surface area is 104 Å². The summed E-state index contributed by atoms with van der Waals surface area (Å²) in [6.07, 6.45) is -0.808. The lowest BCUT2D eigenvalue weighted by Crippen LogP contribution is -2.51. The van der Waals surface area contributed by atoms with Crippen LogP contribution in [-0.2, 0) is 6.18 Å². The third-order valence-electron chi connectivity index (χ3n) is 4.41. The van der Waals surface area contributed by atoms with E-state index in [0.29, 0.717) is 11.3 Å². The lowest BCUT2D eigenvalue weighted by molar-refractivity contribution is -0.137. The van der Waals surface area contributed by atoms with Crippen molar-refractivity contribution in [3.63, 3.8) is 0 Å². The molecule has 1 aliphatic carbocycles. The molecule has 1 nitrogen and oxygen atoms in total. The second-order valence-electron chi connectivity index (χ2n) is 5.66. The molecule has 18 heavy (non-hydrogen) atoms. The Morgan fingerprint density at radius 1 is 1.11 bits per heavy atom. The van der Waals surface area contributed by atoms with Crippen LogP contribution in [0.4, 0.5) is 13.2 Å². The van der Waals surface area contributed by atoms with E-state index in [1.165, 1.54) is 18.6 Å². The highest BCUT2D eigenvalue weighted by molar-refractivity contribution is 5.28. The molecule has 1 saturated carbocycles. The fraction of sp³-hybridized carbons (Fsp3) is 0.571. The summed E-state index contributed by atoms with van der Waals surface area (Å²) < 4.78 is 37.4. The number of benzene rings is 1. The minimum absolute atomic E-state index is 0.438. The van der Waals surface area contributed by atoms with Crippen LogP contribution in [-0.4, -0.2) is 13.1 Å². The number of hydrogen-bond acceptors (Lipinski definition) is 1. The summed E-state index contributed by atoms with van der Waals surface area (Å²) in [4.78, 5) is 0. The summed E-state index contributed by atoms with van der Waals surface area (Å²) in [5.74, 6) is 0.439. The van der Waals surface area contributed by atoms with Crippen LogP contribution in [0.15, 0.2) is 24.3 Å². The van der Waals surface area contributed by atoms with Crippen molar-refractivity contribution < 1.29 is 13.2 Å². The highest BCUT2D eigenvalue weighted by atomic mass is 19.4. The molecule has 1 unspecified atom stereocenters. The van der Waals surface area contributed by atoms with Gasteiger partial charge < -0.3 is 5.32 Å². The van der Waals surface area contributed by atoms with Crippen LogP contribution in [0.5, 0.6) is 0 Å². The summed E-state index contributed by atoms with van der Waals surface area (Å²) in [6.45, 7) is 2.15. The lowest BCUT2D eigenvalue weighted by Gasteiger charge is -2.39. The van der Waals surface area contributed by atoms with Gasteiger partial charge >= 0.3 is 6.18 Å². The van der Waals surface area contributed by atoms with Gasteiger partial charge in [-0.3, -0.25) is 0 Å². The number of hydrogen-bond donors (Lipinski definition) is 1. The SMILES string of the molecule is FC(F)(F)c1ccc(C2CCC3(CNC3)C2)cc1. The van der Waals surface area contributed by atoms with Crippen LogP contribution in [0.1, 0.15) is 36.3 Å². The van der Waals surface area contributed by atoms with Crippen LogP contribution in [0.2, 0.25) is 0 Å². The number of alkyl halides is 3. The first-order chi connectivity index (χ1) is 8.49. The molecule has 0 amide bonds. The molecule has 1 heterocycles. The van der Waals surface area contributed by atoms with Gasteiger partial charge in [0.1, 0.15) is 0 Å². The van der Waals surface area contributed by atoms with Crippen LogP contribution in [0.3, 0.4) is 0 Å². The van der Waals surface area contributed by atoms with E-state index in [4.69, 9.17) is 0 Å². The largest absolute Gasteiger partial charge is 0.416 e. The predicted molar refractivity (Wildman–Crippen MR) is 63.3 cm³/mol. The zero-order chi connectivity index (χ0) is 12.8.